The van der Waals surface area contributed by atoms with Crippen LogP contribution >= 0.6 is 0 Å². The van der Waals surface area contributed by atoms with Crippen molar-refractivity contribution in [3.05, 3.63) is 39.9 Å². The number of phenols is 1. The Labute approximate surface area is 202 Å². The molecule has 5 rings (SSSR count). The van der Waals surface area contributed by atoms with Crippen LogP contribution in [0, 0.1) is 31.6 Å². The maximum Gasteiger partial charge on any atom is 0.487 e. The van der Waals surface area contributed by atoms with E-state index in [9.17, 15) is 19.7 Å². The third kappa shape index (κ3) is 3.81. The fraction of sp³-hybridized carbons (Fsp3) is 0.630. The third-order valence-corrected chi connectivity index (χ3v) is 8.62. The SMILES string of the molecule is CCCC1=C2B(O)O[C@H](c3cc(C)c(O)c(C)c3)C[C@H]2[C@H]2C(=O)N(C3CCCCC3)C(=O)[C@H]2C1. The Kier molecular flexibility index (Phi) is 6.36. The van der Waals surface area contributed by atoms with E-state index in [1.807, 2.05) is 26.0 Å². The van der Waals surface area contributed by atoms with Gasteiger partial charge in [-0.3, -0.25) is 14.5 Å². The van der Waals surface area contributed by atoms with E-state index in [0.29, 0.717) is 12.8 Å². The van der Waals surface area contributed by atoms with Crippen LogP contribution < -0.4 is 0 Å². The quantitative estimate of drug-likeness (QED) is 0.504. The van der Waals surface area contributed by atoms with E-state index < -0.39 is 19.1 Å². The van der Waals surface area contributed by atoms with Gasteiger partial charge in [-0.1, -0.05) is 38.2 Å². The molecule has 2 heterocycles. The number of carbonyl (C=O) groups is 2. The van der Waals surface area contributed by atoms with Crippen LogP contribution in [-0.2, 0) is 14.2 Å². The van der Waals surface area contributed by atoms with Gasteiger partial charge in [0.05, 0.1) is 17.9 Å². The number of likely N-dealkylation sites (tertiary alicyclic amines) is 1. The molecule has 7 heteroatoms. The number of benzene rings is 1. The molecule has 1 saturated carbocycles. The molecule has 0 spiro atoms. The minimum Gasteiger partial charge on any atom is -0.507 e. The second kappa shape index (κ2) is 9.16. The van der Waals surface area contributed by atoms with E-state index in [2.05, 4.69) is 6.92 Å². The zero-order valence-electron chi connectivity index (χ0n) is 20.5. The summed E-state index contributed by atoms with van der Waals surface area (Å²) >= 11 is 0. The average molecular weight is 465 g/mol. The maximum absolute atomic E-state index is 13.8. The molecule has 2 N–H and O–H groups in total. The molecule has 2 aliphatic carbocycles. The molecule has 3 fully saturated rings. The standard InChI is InChI=1S/C27H36BNO5/c1-4-8-17-13-21-23(27(32)29(26(21)31)19-9-6-5-7-10-19)20-14-22(34-28(33)24(17)20)18-11-15(2)25(30)16(3)12-18/h11-12,19-23,30,33H,4-10,13-14H2,1-3H3/t20-,21-,22-,23+/m0/s1. The number of hydrogen-bond donors (Lipinski definition) is 2. The third-order valence-electron chi connectivity index (χ3n) is 8.62. The molecule has 2 aliphatic heterocycles. The normalized spacial score (nSPS) is 30.1. The van der Waals surface area contributed by atoms with E-state index in [4.69, 9.17) is 4.65 Å². The Morgan fingerprint density at radius 2 is 1.74 bits per heavy atom. The Balaban J connectivity index is 1.51. The van der Waals surface area contributed by atoms with Gasteiger partial charge >= 0.3 is 7.12 Å². The minimum absolute atomic E-state index is 0.00315. The number of allylic oxidation sites excluding steroid dienone is 2. The number of hydrogen-bond acceptors (Lipinski definition) is 5. The monoisotopic (exact) mass is 465 g/mol. The smallest absolute Gasteiger partial charge is 0.487 e. The number of imide groups is 1. The minimum atomic E-state index is -1.08. The number of fused-ring (bicyclic) bond motifs is 3. The number of aryl methyl sites for hydroxylation is 2. The zero-order valence-corrected chi connectivity index (χ0v) is 20.5. The van der Waals surface area contributed by atoms with Crippen molar-refractivity contribution < 1.29 is 24.4 Å². The lowest BCUT2D eigenvalue weighted by atomic mass is 9.54. The topological polar surface area (TPSA) is 87.1 Å². The lowest BCUT2D eigenvalue weighted by Gasteiger charge is -2.42. The lowest BCUT2D eigenvalue weighted by Crippen LogP contribution is -2.45. The van der Waals surface area contributed by atoms with Crippen molar-refractivity contribution in [2.24, 2.45) is 17.8 Å². The first-order valence-corrected chi connectivity index (χ1v) is 13.0. The molecular formula is C27H36BNO5. The Morgan fingerprint density at radius 3 is 2.38 bits per heavy atom. The fourth-order valence-corrected chi connectivity index (χ4v) is 7.06. The molecule has 0 aromatic heterocycles. The van der Waals surface area contributed by atoms with Gasteiger partial charge in [-0.25, -0.2) is 0 Å². The number of nitrogens with zero attached hydrogens (tertiary/aromatic N) is 1. The molecular weight excluding hydrogens is 429 g/mol. The Bertz CT molecular complexity index is 1010. The predicted molar refractivity (Wildman–Crippen MR) is 130 cm³/mol. The predicted octanol–water partition coefficient (Wildman–Crippen LogP) is 4.54. The first kappa shape index (κ1) is 23.6. The number of rotatable bonds is 4. The zero-order chi connectivity index (χ0) is 24.1. The summed E-state index contributed by atoms with van der Waals surface area (Å²) in [7, 11) is -1.08. The summed E-state index contributed by atoms with van der Waals surface area (Å²) in [5.74, 6) is -0.699. The van der Waals surface area contributed by atoms with Gasteiger partial charge in [-0.2, -0.15) is 0 Å². The van der Waals surface area contributed by atoms with Crippen LogP contribution in [-0.4, -0.2) is 40.0 Å². The van der Waals surface area contributed by atoms with Crippen LogP contribution in [0.2, 0.25) is 0 Å². The van der Waals surface area contributed by atoms with Crippen LogP contribution in [0.4, 0.5) is 0 Å². The average Bonchev–Trinajstić information content (AvgIpc) is 3.07. The second-order valence-electron chi connectivity index (χ2n) is 10.8. The first-order valence-electron chi connectivity index (χ1n) is 13.0. The van der Waals surface area contributed by atoms with Crippen molar-refractivity contribution in [3.8, 4) is 5.75 Å². The largest absolute Gasteiger partial charge is 0.507 e. The maximum atomic E-state index is 13.8. The highest BCUT2D eigenvalue weighted by Gasteiger charge is 2.58. The van der Waals surface area contributed by atoms with Crippen molar-refractivity contribution in [1.29, 1.82) is 0 Å². The molecule has 1 aromatic carbocycles. The molecule has 1 aromatic rings. The summed E-state index contributed by atoms with van der Waals surface area (Å²) < 4.78 is 6.13. The molecule has 2 saturated heterocycles. The van der Waals surface area contributed by atoms with Gasteiger partial charge in [0.15, 0.2) is 0 Å². The number of amides is 2. The van der Waals surface area contributed by atoms with Gasteiger partial charge in [-0.15, -0.1) is 0 Å². The molecule has 2 amide bonds. The first-order chi connectivity index (χ1) is 16.3. The van der Waals surface area contributed by atoms with Crippen molar-refractivity contribution in [2.75, 3.05) is 0 Å². The van der Waals surface area contributed by atoms with E-state index in [1.165, 1.54) is 6.42 Å². The van der Waals surface area contributed by atoms with E-state index >= 15 is 0 Å². The molecule has 4 atom stereocenters. The van der Waals surface area contributed by atoms with E-state index in [1.54, 1.807) is 4.90 Å². The van der Waals surface area contributed by atoms with Crippen LogP contribution in [0.5, 0.6) is 5.75 Å². The van der Waals surface area contributed by atoms with Crippen molar-refractivity contribution in [3.63, 3.8) is 0 Å². The molecule has 0 bridgehead atoms. The summed E-state index contributed by atoms with van der Waals surface area (Å²) in [4.78, 5) is 29.0. The number of aromatic hydroxyl groups is 1. The van der Waals surface area contributed by atoms with Gasteiger partial charge in [0.1, 0.15) is 5.75 Å². The van der Waals surface area contributed by atoms with Gasteiger partial charge in [-0.05, 0) is 86.2 Å². The number of carbonyl (C=O) groups excluding carboxylic acids is 2. The highest BCUT2D eigenvalue weighted by atomic mass is 16.5. The Morgan fingerprint density at radius 1 is 1.06 bits per heavy atom. The van der Waals surface area contributed by atoms with Crippen molar-refractivity contribution >= 4 is 18.9 Å². The lowest BCUT2D eigenvalue weighted by molar-refractivity contribution is -0.143. The van der Waals surface area contributed by atoms with Crippen LogP contribution in [0.15, 0.2) is 23.2 Å². The van der Waals surface area contributed by atoms with Crippen LogP contribution in [0.1, 0.15) is 87.5 Å². The van der Waals surface area contributed by atoms with Gasteiger partial charge in [0, 0.05) is 6.04 Å². The van der Waals surface area contributed by atoms with E-state index in [-0.39, 0.29) is 35.4 Å². The van der Waals surface area contributed by atoms with Crippen molar-refractivity contribution in [1.82, 2.24) is 4.90 Å². The molecule has 4 aliphatic rings. The van der Waals surface area contributed by atoms with Crippen LogP contribution in [0.3, 0.4) is 0 Å². The van der Waals surface area contributed by atoms with Gasteiger partial charge < -0.3 is 14.8 Å². The van der Waals surface area contributed by atoms with Crippen molar-refractivity contribution in [2.45, 2.75) is 90.7 Å². The Hall–Kier alpha value is -2.12. The summed E-state index contributed by atoms with van der Waals surface area (Å²) in [6.07, 6.45) is 7.57. The van der Waals surface area contributed by atoms with E-state index in [0.717, 1.165) is 66.3 Å². The summed E-state index contributed by atoms with van der Waals surface area (Å²) in [5, 5.41) is 21.4. The number of phenolic OH excluding ortho intramolecular Hbond substituents is 1. The summed E-state index contributed by atoms with van der Waals surface area (Å²) in [6.45, 7) is 5.81. The highest BCUT2D eigenvalue weighted by Crippen LogP contribution is 2.53. The second-order valence-corrected chi connectivity index (χ2v) is 10.8. The molecule has 182 valence electrons. The molecule has 0 unspecified atom stereocenters. The highest BCUT2D eigenvalue weighted by molar-refractivity contribution is 6.53. The van der Waals surface area contributed by atoms with Crippen LogP contribution in [0.25, 0.3) is 0 Å². The van der Waals surface area contributed by atoms with Gasteiger partial charge in [0.2, 0.25) is 11.8 Å². The van der Waals surface area contributed by atoms with Gasteiger partial charge in [0.25, 0.3) is 0 Å². The fourth-order valence-electron chi connectivity index (χ4n) is 7.06. The summed E-state index contributed by atoms with van der Waals surface area (Å²) in [5.41, 5.74) is 4.37. The summed E-state index contributed by atoms with van der Waals surface area (Å²) in [6, 6.07) is 3.83. The molecule has 6 nitrogen and oxygen atoms in total. The molecule has 34 heavy (non-hydrogen) atoms. The molecule has 0 radical (unpaired) electrons.